The Balaban J connectivity index is 2.20. The molecule has 0 atom stereocenters. The zero-order chi connectivity index (χ0) is 26.0. The standard InChI is InChI=1S/C26H30O8S/c1-25(2,14-21(27)28)19-10-6-17(7-11-19)22-23(18-8-12-20(13-9-18)35(5,30)31)26(15-32-3,16-33-4)34-24(22)29/h6-13H,14-16H2,1-5H3,(H,27,28). The molecule has 0 radical (unpaired) electrons. The lowest BCUT2D eigenvalue weighted by Crippen LogP contribution is -2.41. The molecular weight excluding hydrogens is 472 g/mol. The number of ether oxygens (including phenoxy) is 3. The monoisotopic (exact) mass is 502 g/mol. The van der Waals surface area contributed by atoms with Gasteiger partial charge in [-0.2, -0.15) is 0 Å². The summed E-state index contributed by atoms with van der Waals surface area (Å²) < 4.78 is 40.6. The van der Waals surface area contributed by atoms with Crippen LogP contribution in [0.4, 0.5) is 0 Å². The van der Waals surface area contributed by atoms with Crippen molar-refractivity contribution in [1.29, 1.82) is 0 Å². The second-order valence-corrected chi connectivity index (χ2v) is 11.3. The number of carboxylic acids is 1. The summed E-state index contributed by atoms with van der Waals surface area (Å²) in [6.45, 7) is 3.75. The maximum Gasteiger partial charge on any atom is 0.340 e. The maximum atomic E-state index is 13.2. The van der Waals surface area contributed by atoms with Gasteiger partial charge in [0.1, 0.15) is 0 Å². The van der Waals surface area contributed by atoms with Gasteiger partial charge in [0, 0.05) is 31.5 Å². The number of aliphatic carboxylic acids is 1. The van der Waals surface area contributed by atoms with Crippen molar-refractivity contribution in [3.05, 3.63) is 65.2 Å². The Bertz CT molecular complexity index is 1230. The first-order chi connectivity index (χ1) is 16.3. The second-order valence-electron chi connectivity index (χ2n) is 9.33. The Morgan fingerprint density at radius 1 is 0.971 bits per heavy atom. The number of carbonyl (C=O) groups excluding carboxylic acids is 1. The number of hydrogen-bond acceptors (Lipinski definition) is 7. The third kappa shape index (κ3) is 5.47. The highest BCUT2D eigenvalue weighted by molar-refractivity contribution is 7.90. The van der Waals surface area contributed by atoms with Crippen LogP contribution in [-0.4, -0.2) is 64.8 Å². The fourth-order valence-electron chi connectivity index (χ4n) is 4.43. The number of benzene rings is 2. The van der Waals surface area contributed by atoms with Crippen LogP contribution in [-0.2, 0) is 39.1 Å². The van der Waals surface area contributed by atoms with Gasteiger partial charge in [0.2, 0.25) is 0 Å². The fraction of sp³-hybridized carbons (Fsp3) is 0.385. The minimum atomic E-state index is -3.40. The van der Waals surface area contributed by atoms with Crippen LogP contribution >= 0.6 is 0 Å². The average molecular weight is 503 g/mol. The zero-order valence-corrected chi connectivity index (χ0v) is 21.3. The number of methoxy groups -OCH3 is 2. The lowest BCUT2D eigenvalue weighted by atomic mass is 9.80. The third-order valence-electron chi connectivity index (χ3n) is 6.07. The molecule has 2 aromatic carbocycles. The van der Waals surface area contributed by atoms with Gasteiger partial charge in [-0.05, 0) is 28.8 Å². The Labute approximate surface area is 205 Å². The highest BCUT2D eigenvalue weighted by Gasteiger charge is 2.49. The zero-order valence-electron chi connectivity index (χ0n) is 20.5. The summed E-state index contributed by atoms with van der Waals surface area (Å²) >= 11 is 0. The second kappa shape index (κ2) is 9.93. The number of cyclic esters (lactones) is 1. The summed E-state index contributed by atoms with van der Waals surface area (Å²) in [6, 6.07) is 13.4. The molecule has 0 spiro atoms. The van der Waals surface area contributed by atoms with Crippen molar-refractivity contribution in [3.63, 3.8) is 0 Å². The minimum Gasteiger partial charge on any atom is -0.481 e. The Kier molecular flexibility index (Phi) is 7.54. The van der Waals surface area contributed by atoms with E-state index in [1.54, 1.807) is 36.4 Å². The van der Waals surface area contributed by atoms with E-state index in [1.807, 2.05) is 13.8 Å². The molecule has 2 aromatic rings. The number of carboxylic acid groups (broad SMARTS) is 1. The van der Waals surface area contributed by atoms with Gasteiger partial charge in [-0.25, -0.2) is 13.2 Å². The highest BCUT2D eigenvalue weighted by Crippen LogP contribution is 2.45. The molecule has 0 fully saturated rings. The summed E-state index contributed by atoms with van der Waals surface area (Å²) in [5.41, 5.74) is 1.01. The van der Waals surface area contributed by atoms with E-state index in [-0.39, 0.29) is 24.5 Å². The molecule has 0 saturated heterocycles. The van der Waals surface area contributed by atoms with E-state index in [2.05, 4.69) is 0 Å². The predicted molar refractivity (Wildman–Crippen MR) is 131 cm³/mol. The van der Waals surface area contributed by atoms with Crippen LogP contribution in [0.25, 0.3) is 11.1 Å². The molecule has 188 valence electrons. The molecular formula is C26H30O8S. The molecule has 1 heterocycles. The summed E-state index contributed by atoms with van der Waals surface area (Å²) in [4.78, 5) is 24.6. The van der Waals surface area contributed by atoms with Crippen molar-refractivity contribution in [2.75, 3.05) is 33.7 Å². The van der Waals surface area contributed by atoms with Gasteiger partial charge in [0.05, 0.1) is 30.1 Å². The van der Waals surface area contributed by atoms with E-state index in [0.717, 1.165) is 11.8 Å². The van der Waals surface area contributed by atoms with Crippen LogP contribution in [0.5, 0.6) is 0 Å². The van der Waals surface area contributed by atoms with Gasteiger partial charge in [-0.15, -0.1) is 0 Å². The van der Waals surface area contributed by atoms with Crippen molar-refractivity contribution in [3.8, 4) is 0 Å². The van der Waals surface area contributed by atoms with Crippen LogP contribution in [0.3, 0.4) is 0 Å². The lowest BCUT2D eigenvalue weighted by molar-refractivity contribution is -0.152. The van der Waals surface area contributed by atoms with Crippen LogP contribution in [0.15, 0.2) is 53.4 Å². The van der Waals surface area contributed by atoms with Crippen molar-refractivity contribution in [2.45, 2.75) is 36.2 Å². The smallest absolute Gasteiger partial charge is 0.340 e. The van der Waals surface area contributed by atoms with Crippen molar-refractivity contribution < 1.29 is 37.3 Å². The van der Waals surface area contributed by atoms with Gasteiger partial charge < -0.3 is 19.3 Å². The van der Waals surface area contributed by atoms with Crippen molar-refractivity contribution in [2.24, 2.45) is 0 Å². The highest BCUT2D eigenvalue weighted by atomic mass is 32.2. The van der Waals surface area contributed by atoms with Gasteiger partial charge in [-0.1, -0.05) is 50.2 Å². The quantitative estimate of drug-likeness (QED) is 0.492. The molecule has 0 amide bonds. The van der Waals surface area contributed by atoms with E-state index in [9.17, 15) is 23.1 Å². The van der Waals surface area contributed by atoms with E-state index >= 15 is 0 Å². The largest absolute Gasteiger partial charge is 0.481 e. The average Bonchev–Trinajstić information content (AvgIpc) is 3.04. The molecule has 0 aromatic heterocycles. The Hall–Kier alpha value is -3.01. The van der Waals surface area contributed by atoms with E-state index in [0.29, 0.717) is 22.3 Å². The predicted octanol–water partition coefficient (Wildman–Crippen LogP) is 3.34. The normalized spacial score (nSPS) is 15.9. The third-order valence-corrected chi connectivity index (χ3v) is 7.20. The number of hydrogen-bond donors (Lipinski definition) is 1. The Morgan fingerprint density at radius 3 is 1.94 bits per heavy atom. The van der Waals surface area contributed by atoms with Crippen molar-refractivity contribution in [1.82, 2.24) is 0 Å². The molecule has 1 N–H and O–H groups in total. The van der Waals surface area contributed by atoms with Crippen LogP contribution in [0.2, 0.25) is 0 Å². The molecule has 1 aliphatic heterocycles. The summed E-state index contributed by atoms with van der Waals surface area (Å²) in [7, 11) is -0.416. The number of rotatable bonds is 10. The first-order valence-electron chi connectivity index (χ1n) is 10.9. The minimum absolute atomic E-state index is 0.0307. The SMILES string of the molecule is COCC1(COC)OC(=O)C(c2ccc(C(C)(C)CC(=O)O)cc2)=C1c1ccc(S(C)(=O)=O)cc1. The number of sulfone groups is 1. The molecule has 0 aliphatic carbocycles. The van der Waals surface area contributed by atoms with Crippen LogP contribution in [0, 0.1) is 0 Å². The fourth-order valence-corrected chi connectivity index (χ4v) is 5.06. The van der Waals surface area contributed by atoms with Gasteiger partial charge >= 0.3 is 11.9 Å². The van der Waals surface area contributed by atoms with E-state index < -0.39 is 32.8 Å². The molecule has 8 nitrogen and oxygen atoms in total. The summed E-state index contributed by atoms with van der Waals surface area (Å²) in [5.74, 6) is -1.45. The van der Waals surface area contributed by atoms with Crippen LogP contribution < -0.4 is 0 Å². The topological polar surface area (TPSA) is 116 Å². The van der Waals surface area contributed by atoms with Gasteiger partial charge in [-0.3, -0.25) is 4.79 Å². The first kappa shape index (κ1) is 26.6. The molecule has 3 rings (SSSR count). The number of esters is 1. The number of carbonyl (C=O) groups is 2. The van der Waals surface area contributed by atoms with E-state index in [4.69, 9.17) is 14.2 Å². The molecule has 35 heavy (non-hydrogen) atoms. The summed E-state index contributed by atoms with van der Waals surface area (Å²) in [6.07, 6.45) is 1.09. The Morgan fingerprint density at radius 2 is 1.49 bits per heavy atom. The lowest BCUT2D eigenvalue weighted by Gasteiger charge is -2.30. The van der Waals surface area contributed by atoms with Gasteiger partial charge in [0.25, 0.3) is 0 Å². The van der Waals surface area contributed by atoms with Crippen molar-refractivity contribution >= 4 is 32.9 Å². The molecule has 1 aliphatic rings. The van der Waals surface area contributed by atoms with E-state index in [1.165, 1.54) is 26.4 Å². The first-order valence-corrected chi connectivity index (χ1v) is 12.8. The summed E-state index contributed by atoms with van der Waals surface area (Å²) in [5, 5.41) is 9.23. The molecule has 0 bridgehead atoms. The molecule has 9 heteroatoms. The molecule has 0 unspecified atom stereocenters. The molecule has 0 saturated carbocycles. The van der Waals surface area contributed by atoms with Gasteiger partial charge in [0.15, 0.2) is 15.4 Å². The maximum absolute atomic E-state index is 13.2. The van der Waals surface area contributed by atoms with Crippen LogP contribution in [0.1, 0.15) is 37.0 Å².